The molecule has 314 valence electrons. The van der Waals surface area contributed by atoms with Crippen LogP contribution in [-0.2, 0) is 50.8 Å². The van der Waals surface area contributed by atoms with Gasteiger partial charge in [-0.05, 0) is 159 Å². The van der Waals surface area contributed by atoms with Gasteiger partial charge in [0.05, 0.1) is 0 Å². The number of benzene rings is 6. The summed E-state index contributed by atoms with van der Waals surface area (Å²) in [6.45, 7) is 10.3. The highest BCUT2D eigenvalue weighted by Crippen LogP contribution is 2.85. The summed E-state index contributed by atoms with van der Waals surface area (Å²) in [7, 11) is 0. The van der Waals surface area contributed by atoms with Crippen LogP contribution in [0.2, 0.25) is 0 Å². The molecule has 3 aliphatic carbocycles. The molecular formula is C56H54S6. The topological polar surface area (TPSA) is 0 Å². The number of hydrogen-bond acceptors (Lipinski definition) is 6. The molecule has 6 aliphatic heterocycles. The molecule has 6 aromatic rings. The smallest absolute Gasteiger partial charge is 0.0286 e. The zero-order chi connectivity index (χ0) is 41.8. The minimum Gasteiger partial charge on any atom is -0.121 e. The van der Waals surface area contributed by atoms with E-state index in [0.29, 0.717) is 0 Å². The van der Waals surface area contributed by atoms with Crippen LogP contribution in [0, 0.1) is 5.41 Å². The van der Waals surface area contributed by atoms with Gasteiger partial charge in [0, 0.05) is 85.5 Å². The van der Waals surface area contributed by atoms with Crippen molar-refractivity contribution < 1.29 is 0 Å². The normalized spacial score (nSPS) is 25.9. The first-order valence-corrected chi connectivity index (χ1v) is 28.9. The van der Waals surface area contributed by atoms with Crippen molar-refractivity contribution in [3.8, 4) is 0 Å². The quantitative estimate of drug-likeness (QED) is 0.162. The van der Waals surface area contributed by atoms with Crippen molar-refractivity contribution in [1.82, 2.24) is 0 Å². The zero-order valence-electron chi connectivity index (χ0n) is 36.3. The maximum atomic E-state index is 2.87. The van der Waals surface area contributed by atoms with Crippen LogP contribution in [0.25, 0.3) is 0 Å². The van der Waals surface area contributed by atoms with Crippen LogP contribution < -0.4 is 0 Å². The Morgan fingerprint density at radius 1 is 0.323 bits per heavy atom. The summed E-state index contributed by atoms with van der Waals surface area (Å²) in [5.74, 6) is 5.93. The van der Waals surface area contributed by atoms with E-state index in [1.165, 1.54) is 82.0 Å². The van der Waals surface area contributed by atoms with E-state index in [1.54, 1.807) is 33.4 Å². The summed E-state index contributed by atoms with van der Waals surface area (Å²) in [6.07, 6.45) is 7.02. The minimum absolute atomic E-state index is 0.0800. The van der Waals surface area contributed by atoms with Gasteiger partial charge in [0.2, 0.25) is 0 Å². The van der Waals surface area contributed by atoms with E-state index in [9.17, 15) is 0 Å². The average Bonchev–Trinajstić information content (AvgIpc) is 3.68. The number of hydrogen-bond donors (Lipinski definition) is 0. The van der Waals surface area contributed by atoms with Crippen LogP contribution in [0.3, 0.4) is 0 Å². The molecule has 0 aromatic heterocycles. The fourth-order valence-corrected chi connectivity index (χ4v) is 19.2. The predicted octanol–water partition coefficient (Wildman–Crippen LogP) is 17.0. The summed E-state index contributed by atoms with van der Waals surface area (Å²) in [5, 5.41) is 0. The van der Waals surface area contributed by atoms with E-state index in [2.05, 4.69) is 137 Å². The van der Waals surface area contributed by atoms with Crippen LogP contribution in [0.5, 0.6) is 0 Å². The van der Waals surface area contributed by atoms with E-state index in [0.717, 1.165) is 53.8 Å². The lowest BCUT2D eigenvalue weighted by Gasteiger charge is -2.53. The van der Waals surface area contributed by atoms with Crippen LogP contribution in [0.1, 0.15) is 133 Å². The van der Waals surface area contributed by atoms with Gasteiger partial charge in [0.25, 0.3) is 0 Å². The van der Waals surface area contributed by atoms with Crippen molar-refractivity contribution in [3.05, 3.63) is 176 Å². The second kappa shape index (κ2) is 15.5. The molecule has 6 heteroatoms. The number of thioether (sulfide) groups is 6. The van der Waals surface area contributed by atoms with E-state index in [-0.39, 0.29) is 21.7 Å². The van der Waals surface area contributed by atoms with Crippen LogP contribution in [0.15, 0.2) is 139 Å². The van der Waals surface area contributed by atoms with Crippen molar-refractivity contribution in [1.29, 1.82) is 0 Å². The Bertz CT molecular complexity index is 2290. The van der Waals surface area contributed by atoms with Crippen molar-refractivity contribution in [3.63, 3.8) is 0 Å². The first-order valence-electron chi connectivity index (χ1n) is 22.9. The highest BCUT2D eigenvalue weighted by Gasteiger charge is 2.82. The minimum atomic E-state index is -0.118. The molecule has 18 bridgehead atoms. The molecule has 62 heavy (non-hydrogen) atoms. The molecule has 0 N–H and O–H groups in total. The molecule has 0 atom stereocenters. The monoisotopic (exact) mass is 918 g/mol. The molecule has 0 spiro atoms. The largest absolute Gasteiger partial charge is 0.121 e. The Balaban J connectivity index is 1.27. The average molecular weight is 919 g/mol. The van der Waals surface area contributed by atoms with Crippen molar-refractivity contribution in [2.24, 2.45) is 5.41 Å². The van der Waals surface area contributed by atoms with Gasteiger partial charge in [-0.15, -0.1) is 70.6 Å². The fraction of sp³-hybridized carbons (Fsp3) is 0.357. The molecule has 6 aromatic carbocycles. The maximum Gasteiger partial charge on any atom is 0.0286 e. The Morgan fingerprint density at radius 3 is 0.661 bits per heavy atom. The number of fused-ring (bicyclic) bond motifs is 12. The first-order chi connectivity index (χ1) is 30.4. The van der Waals surface area contributed by atoms with Gasteiger partial charge in [-0.25, -0.2) is 0 Å². The lowest BCUT2D eigenvalue weighted by Crippen LogP contribution is -2.54. The molecule has 0 saturated heterocycles. The Hall–Kier alpha value is -2.58. The van der Waals surface area contributed by atoms with E-state index in [4.69, 9.17) is 0 Å². The molecule has 0 radical (unpaired) electrons. The van der Waals surface area contributed by atoms with Crippen LogP contribution >= 0.6 is 70.6 Å². The predicted molar refractivity (Wildman–Crippen MR) is 271 cm³/mol. The van der Waals surface area contributed by atoms with Crippen LogP contribution in [-0.4, -0.2) is 0 Å². The molecule has 0 amide bonds. The summed E-state index contributed by atoms with van der Waals surface area (Å²) >= 11 is 12.2. The third kappa shape index (κ3) is 5.62. The lowest BCUT2D eigenvalue weighted by atomic mass is 9.48. The SMILES string of the molecule is CCCC12c3cc4c5cc3C3(CCC)c6cc(c7cc6C(CCC)(c6cc(c(cc61)CSc1ccc(cc1)SC4)CSc1ccc(cc1)SC7)C23C)CSc1ccc(cc1)SC5. The Morgan fingerprint density at radius 2 is 0.500 bits per heavy atom. The van der Waals surface area contributed by atoms with Crippen LogP contribution in [0.4, 0.5) is 0 Å². The molecule has 0 fully saturated rings. The van der Waals surface area contributed by atoms with Gasteiger partial charge in [0.15, 0.2) is 0 Å². The Kier molecular flexibility index (Phi) is 10.2. The van der Waals surface area contributed by atoms with Gasteiger partial charge < -0.3 is 0 Å². The molecular weight excluding hydrogens is 865 g/mol. The van der Waals surface area contributed by atoms with Crippen molar-refractivity contribution in [2.75, 3.05) is 0 Å². The van der Waals surface area contributed by atoms with E-state index < -0.39 is 0 Å². The zero-order valence-corrected chi connectivity index (χ0v) is 41.2. The van der Waals surface area contributed by atoms with Gasteiger partial charge in [-0.3, -0.25) is 0 Å². The summed E-state index contributed by atoms with van der Waals surface area (Å²) in [5.41, 5.74) is 18.8. The third-order valence-corrected chi connectivity index (χ3v) is 22.4. The standard InChI is InChI=1S/C56H54S6/c1-5-20-54-47-23-35-29-57-41-8-10-42(11-9-41)58-30-36-24-48(54)50-26-38(36)32-60-44-14-18-46(19-15-44)62-34-40-28-52-51-27-39(40)33-61-45-16-12-43(13-17-45)59-31-37(35)25-49(47)55(51,21-6-2)53(54,4)56(50,52)22-7-3/h8-19,23-28H,5-7,20-22,29-34H2,1-4H3. The fourth-order valence-electron chi connectivity index (χ4n) is 13.7. The first kappa shape index (κ1) is 40.9. The highest BCUT2D eigenvalue weighted by atomic mass is 32.2. The van der Waals surface area contributed by atoms with Gasteiger partial charge >= 0.3 is 0 Å². The summed E-state index contributed by atoms with van der Waals surface area (Å²) in [6, 6.07) is 45.5. The van der Waals surface area contributed by atoms with Gasteiger partial charge in [-0.2, -0.15) is 0 Å². The van der Waals surface area contributed by atoms with E-state index >= 15 is 0 Å². The molecule has 15 rings (SSSR count). The van der Waals surface area contributed by atoms with Crippen molar-refractivity contribution in [2.45, 2.75) is 146 Å². The van der Waals surface area contributed by atoms with Gasteiger partial charge in [0.1, 0.15) is 0 Å². The van der Waals surface area contributed by atoms with E-state index in [1.807, 2.05) is 70.6 Å². The number of rotatable bonds is 6. The molecule has 0 unspecified atom stereocenters. The highest BCUT2D eigenvalue weighted by molar-refractivity contribution is 8.00. The van der Waals surface area contributed by atoms with Gasteiger partial charge in [-0.1, -0.05) is 83.4 Å². The molecule has 0 saturated carbocycles. The van der Waals surface area contributed by atoms with Crippen molar-refractivity contribution >= 4 is 70.6 Å². The summed E-state index contributed by atoms with van der Waals surface area (Å²) in [4.78, 5) is 8.20. The molecule has 9 aliphatic rings. The Labute approximate surface area is 395 Å². The maximum absolute atomic E-state index is 2.87. The third-order valence-electron chi connectivity index (χ3n) is 16.1. The lowest BCUT2D eigenvalue weighted by molar-refractivity contribution is 0.0540. The molecule has 0 nitrogen and oxygen atoms in total. The molecule has 6 heterocycles. The second-order valence-electron chi connectivity index (χ2n) is 18.7. The summed E-state index contributed by atoms with van der Waals surface area (Å²) < 4.78 is 0. The second-order valence-corrected chi connectivity index (χ2v) is 25.0.